The van der Waals surface area contributed by atoms with Crippen LogP contribution in [0.25, 0.3) is 10.9 Å². The molecular formula is C28H39N5O5. The Morgan fingerprint density at radius 2 is 1.82 bits per heavy atom. The van der Waals surface area contributed by atoms with Gasteiger partial charge in [0.05, 0.1) is 11.2 Å². The maximum absolute atomic E-state index is 13.6. The van der Waals surface area contributed by atoms with Crippen molar-refractivity contribution in [3.05, 3.63) is 30.0 Å². The lowest BCUT2D eigenvalue weighted by molar-refractivity contribution is -0.120. The van der Waals surface area contributed by atoms with E-state index in [1.165, 1.54) is 4.90 Å². The second-order valence-corrected chi connectivity index (χ2v) is 11.6. The van der Waals surface area contributed by atoms with Crippen LogP contribution in [0.4, 0.5) is 15.3 Å². The van der Waals surface area contributed by atoms with E-state index in [0.29, 0.717) is 30.9 Å². The third kappa shape index (κ3) is 5.95. The number of hydrogen-bond donors (Lipinski definition) is 1. The van der Waals surface area contributed by atoms with Gasteiger partial charge in [-0.3, -0.25) is 19.8 Å². The average molecular weight is 526 g/mol. The van der Waals surface area contributed by atoms with Gasteiger partial charge in [0.1, 0.15) is 5.60 Å². The Morgan fingerprint density at radius 3 is 2.42 bits per heavy atom. The molecule has 3 heterocycles. The van der Waals surface area contributed by atoms with E-state index in [-0.39, 0.29) is 42.8 Å². The number of benzene rings is 1. The van der Waals surface area contributed by atoms with Crippen molar-refractivity contribution in [2.45, 2.75) is 65.5 Å². The van der Waals surface area contributed by atoms with Crippen LogP contribution in [-0.2, 0) is 9.53 Å². The molecule has 4 rings (SSSR count). The lowest BCUT2D eigenvalue weighted by Gasteiger charge is -2.35. The van der Waals surface area contributed by atoms with Crippen LogP contribution in [0.1, 0.15) is 70.3 Å². The Labute approximate surface area is 223 Å². The molecule has 10 nitrogen and oxygen atoms in total. The number of nitrogens with one attached hydrogen (secondary N) is 1. The number of carbonyl (C=O) groups excluding carboxylic acids is 4. The minimum atomic E-state index is -0.527. The van der Waals surface area contributed by atoms with Crippen molar-refractivity contribution < 1.29 is 23.9 Å². The van der Waals surface area contributed by atoms with Crippen LogP contribution in [0, 0.1) is 5.92 Å². The molecule has 1 aromatic heterocycles. The second kappa shape index (κ2) is 10.7. The maximum Gasteiger partial charge on any atom is 0.410 e. The minimum absolute atomic E-state index is 0.132. The zero-order valence-corrected chi connectivity index (χ0v) is 23.2. The molecule has 1 aromatic carbocycles. The van der Waals surface area contributed by atoms with Crippen molar-refractivity contribution in [3.63, 3.8) is 0 Å². The number of imide groups is 1. The van der Waals surface area contributed by atoms with Gasteiger partial charge in [0.25, 0.3) is 5.91 Å². The maximum atomic E-state index is 13.6. The number of piperidine rings is 1. The Hall–Kier alpha value is -3.56. The lowest BCUT2D eigenvalue weighted by Crippen LogP contribution is -2.49. The summed E-state index contributed by atoms with van der Waals surface area (Å²) in [5, 5.41) is 3.24. The van der Waals surface area contributed by atoms with E-state index in [0.717, 1.165) is 23.7 Å². The van der Waals surface area contributed by atoms with E-state index in [2.05, 4.69) is 23.7 Å². The van der Waals surface area contributed by atoms with Crippen molar-refractivity contribution >= 4 is 40.5 Å². The molecular weight excluding hydrogens is 486 g/mol. The van der Waals surface area contributed by atoms with Crippen molar-refractivity contribution in [1.82, 2.24) is 19.7 Å². The number of urea groups is 1. The molecule has 38 heavy (non-hydrogen) atoms. The van der Waals surface area contributed by atoms with Crippen molar-refractivity contribution in [3.8, 4) is 0 Å². The first-order valence-corrected chi connectivity index (χ1v) is 13.3. The summed E-state index contributed by atoms with van der Waals surface area (Å²) in [4.78, 5) is 55.4. The summed E-state index contributed by atoms with van der Waals surface area (Å²) < 4.78 is 7.57. The molecule has 2 aliphatic rings. The molecule has 0 aliphatic carbocycles. The highest BCUT2D eigenvalue weighted by atomic mass is 16.6. The molecule has 0 atom stereocenters. The van der Waals surface area contributed by atoms with Gasteiger partial charge >= 0.3 is 12.1 Å². The Morgan fingerprint density at radius 1 is 1.13 bits per heavy atom. The quantitative estimate of drug-likeness (QED) is 0.624. The minimum Gasteiger partial charge on any atom is -0.444 e. The molecule has 206 valence electrons. The first-order valence-electron chi connectivity index (χ1n) is 13.3. The van der Waals surface area contributed by atoms with Crippen LogP contribution < -0.4 is 10.2 Å². The first kappa shape index (κ1) is 27.5. The van der Waals surface area contributed by atoms with E-state index in [1.54, 1.807) is 22.9 Å². The van der Waals surface area contributed by atoms with E-state index in [9.17, 15) is 19.2 Å². The van der Waals surface area contributed by atoms with E-state index >= 15 is 0 Å². The second-order valence-electron chi connectivity index (χ2n) is 11.6. The number of amides is 5. The summed E-state index contributed by atoms with van der Waals surface area (Å²) in [5.74, 6) is -0.163. The SMILES string of the molecule is CC(C)n1ccc2c(N3CCC(=O)NC3=O)cc(C(=O)N(C)CC3CCN(C(=O)OC(C)(C)C)CC3)cc21. The van der Waals surface area contributed by atoms with Gasteiger partial charge in [-0.15, -0.1) is 0 Å². The number of nitrogens with zero attached hydrogens (tertiary/aromatic N) is 4. The van der Waals surface area contributed by atoms with Crippen LogP contribution in [0.2, 0.25) is 0 Å². The summed E-state index contributed by atoms with van der Waals surface area (Å²) in [6, 6.07) is 5.28. The number of anilines is 1. The highest BCUT2D eigenvalue weighted by Crippen LogP contribution is 2.33. The average Bonchev–Trinajstić information content (AvgIpc) is 3.27. The number of carbonyl (C=O) groups is 4. The number of hydrogen-bond acceptors (Lipinski definition) is 5. The van der Waals surface area contributed by atoms with Gasteiger partial charge in [0.15, 0.2) is 0 Å². The van der Waals surface area contributed by atoms with Gasteiger partial charge in [-0.05, 0) is 71.6 Å². The summed E-state index contributed by atoms with van der Waals surface area (Å²) in [6.07, 6.45) is 3.46. The van der Waals surface area contributed by atoms with Crippen LogP contribution in [0.5, 0.6) is 0 Å². The van der Waals surface area contributed by atoms with Crippen LogP contribution in [0.3, 0.4) is 0 Å². The molecule has 0 bridgehead atoms. The summed E-state index contributed by atoms with van der Waals surface area (Å²) in [7, 11) is 1.79. The predicted octanol–water partition coefficient (Wildman–Crippen LogP) is 4.39. The largest absolute Gasteiger partial charge is 0.444 e. The number of aromatic nitrogens is 1. The Kier molecular flexibility index (Phi) is 7.71. The molecule has 0 unspecified atom stereocenters. The smallest absolute Gasteiger partial charge is 0.410 e. The fourth-order valence-electron chi connectivity index (χ4n) is 5.15. The Bertz CT molecular complexity index is 1240. The summed E-state index contributed by atoms with van der Waals surface area (Å²) >= 11 is 0. The van der Waals surface area contributed by atoms with Gasteiger partial charge in [-0.2, -0.15) is 0 Å². The summed E-state index contributed by atoms with van der Waals surface area (Å²) in [5.41, 5.74) is 1.45. The standard InChI is InChI=1S/C28H39N5O5/c1-18(2)32-13-9-21-22(32)15-20(16-23(21)33-14-10-24(34)29-26(33)36)25(35)30(6)17-19-7-11-31(12-8-19)27(37)38-28(3,4)5/h9,13,15-16,18-19H,7-8,10-12,14,17H2,1-6H3,(H,29,34,36). The van der Waals surface area contributed by atoms with Crippen LogP contribution in [0.15, 0.2) is 24.4 Å². The van der Waals surface area contributed by atoms with Gasteiger partial charge in [-0.1, -0.05) is 0 Å². The molecule has 0 spiro atoms. The highest BCUT2D eigenvalue weighted by molar-refractivity contribution is 6.11. The van der Waals surface area contributed by atoms with E-state index < -0.39 is 11.6 Å². The number of rotatable bonds is 5. The predicted molar refractivity (Wildman–Crippen MR) is 145 cm³/mol. The van der Waals surface area contributed by atoms with E-state index in [1.807, 2.05) is 39.1 Å². The Balaban J connectivity index is 1.51. The van der Waals surface area contributed by atoms with Gasteiger partial charge in [0.2, 0.25) is 5.91 Å². The third-order valence-electron chi connectivity index (χ3n) is 7.11. The highest BCUT2D eigenvalue weighted by Gasteiger charge is 2.30. The number of fused-ring (bicyclic) bond motifs is 1. The van der Waals surface area contributed by atoms with Crippen molar-refractivity contribution in [2.24, 2.45) is 5.92 Å². The monoisotopic (exact) mass is 525 g/mol. The molecule has 0 saturated carbocycles. The number of likely N-dealkylation sites (tertiary alicyclic amines) is 1. The normalized spacial score (nSPS) is 17.2. The van der Waals surface area contributed by atoms with Gasteiger partial charge in [0, 0.05) is 62.8 Å². The lowest BCUT2D eigenvalue weighted by atomic mass is 9.96. The fraction of sp³-hybridized carbons (Fsp3) is 0.571. The molecule has 5 amide bonds. The van der Waals surface area contributed by atoms with Crippen LogP contribution >= 0.6 is 0 Å². The third-order valence-corrected chi connectivity index (χ3v) is 7.11. The van der Waals surface area contributed by atoms with Crippen molar-refractivity contribution in [2.75, 3.05) is 38.1 Å². The van der Waals surface area contributed by atoms with Crippen LogP contribution in [-0.4, -0.2) is 77.1 Å². The van der Waals surface area contributed by atoms with Gasteiger partial charge in [-0.25, -0.2) is 9.59 Å². The van der Waals surface area contributed by atoms with Crippen molar-refractivity contribution in [1.29, 1.82) is 0 Å². The molecule has 2 aliphatic heterocycles. The molecule has 2 aromatic rings. The fourth-order valence-corrected chi connectivity index (χ4v) is 5.15. The molecule has 0 radical (unpaired) electrons. The molecule has 2 fully saturated rings. The molecule has 2 saturated heterocycles. The van der Waals surface area contributed by atoms with Gasteiger partial charge < -0.3 is 19.1 Å². The first-order chi connectivity index (χ1) is 17.8. The summed E-state index contributed by atoms with van der Waals surface area (Å²) in [6.45, 7) is 11.7. The zero-order valence-electron chi connectivity index (χ0n) is 23.2. The topological polar surface area (TPSA) is 104 Å². The zero-order chi connectivity index (χ0) is 27.8. The number of ether oxygens (including phenoxy) is 1. The van der Waals surface area contributed by atoms with E-state index in [4.69, 9.17) is 4.74 Å². The molecule has 1 N–H and O–H groups in total. The molecule has 10 heteroatoms.